The van der Waals surface area contributed by atoms with Crippen LogP contribution in [0.25, 0.3) is 0 Å². The second-order valence-electron chi connectivity index (χ2n) is 4.50. The van der Waals surface area contributed by atoms with Crippen molar-refractivity contribution in [3.05, 3.63) is 0 Å². The first-order valence-corrected chi connectivity index (χ1v) is 5.75. The minimum Gasteiger partial charge on any atom is -0.381 e. The number of hydrogen-bond donors (Lipinski definition) is 0. The Labute approximate surface area is 93.8 Å². The molecule has 0 spiro atoms. The molecule has 0 aromatic rings. The van der Waals surface area contributed by atoms with Crippen LogP contribution in [-0.2, 0) is 9.53 Å². The van der Waals surface area contributed by atoms with Crippen molar-refractivity contribution in [2.45, 2.75) is 40.7 Å². The van der Waals surface area contributed by atoms with Gasteiger partial charge in [-0.3, -0.25) is 4.79 Å². The van der Waals surface area contributed by atoms with Gasteiger partial charge in [0.15, 0.2) is 0 Å². The molecule has 0 radical (unpaired) electrons. The van der Waals surface area contributed by atoms with E-state index in [1.807, 2.05) is 25.7 Å². The van der Waals surface area contributed by atoms with Crippen LogP contribution in [0.4, 0.5) is 0 Å². The normalized spacial score (nSPS) is 15.1. The predicted octanol–water partition coefficient (Wildman–Crippen LogP) is 2.16. The highest BCUT2D eigenvalue weighted by Gasteiger charge is 2.24. The summed E-state index contributed by atoms with van der Waals surface area (Å²) in [5, 5.41) is 0. The molecular formula is C12H25NO2. The first-order chi connectivity index (χ1) is 6.93. The Morgan fingerprint density at radius 2 is 1.80 bits per heavy atom. The van der Waals surface area contributed by atoms with Crippen molar-refractivity contribution < 1.29 is 9.53 Å². The average molecular weight is 215 g/mol. The van der Waals surface area contributed by atoms with E-state index in [9.17, 15) is 4.79 Å². The smallest absolute Gasteiger partial charge is 0.228 e. The summed E-state index contributed by atoms with van der Waals surface area (Å²) in [6, 6.07) is 0. The summed E-state index contributed by atoms with van der Waals surface area (Å²) in [6.07, 6.45) is -0.0151. The fraction of sp³-hybridized carbons (Fsp3) is 0.917. The van der Waals surface area contributed by atoms with E-state index in [2.05, 4.69) is 13.8 Å². The van der Waals surface area contributed by atoms with Crippen LogP contribution in [0.2, 0.25) is 0 Å². The van der Waals surface area contributed by atoms with Crippen LogP contribution in [0.5, 0.6) is 0 Å². The highest BCUT2D eigenvalue weighted by molar-refractivity contribution is 5.79. The number of methoxy groups -OCH3 is 1. The predicted molar refractivity (Wildman–Crippen MR) is 62.7 cm³/mol. The number of amides is 1. The Morgan fingerprint density at radius 3 is 2.13 bits per heavy atom. The summed E-state index contributed by atoms with van der Waals surface area (Å²) in [4.78, 5) is 14.0. The van der Waals surface area contributed by atoms with Crippen LogP contribution in [0, 0.1) is 11.8 Å². The van der Waals surface area contributed by atoms with Crippen LogP contribution in [0.15, 0.2) is 0 Å². The fourth-order valence-electron chi connectivity index (χ4n) is 1.51. The molecule has 0 aliphatic rings. The molecule has 0 aliphatic heterocycles. The summed E-state index contributed by atoms with van der Waals surface area (Å²) in [5.74, 6) is 0.646. The fourth-order valence-corrected chi connectivity index (χ4v) is 1.51. The van der Waals surface area contributed by atoms with Crippen molar-refractivity contribution in [2.24, 2.45) is 11.8 Å². The summed E-state index contributed by atoms with van der Waals surface area (Å²) >= 11 is 0. The zero-order valence-electron chi connectivity index (χ0n) is 10.9. The molecule has 1 unspecified atom stereocenters. The number of carbonyl (C=O) groups excluding carboxylic acids is 1. The number of ether oxygens (including phenoxy) is 1. The molecule has 0 N–H and O–H groups in total. The van der Waals surface area contributed by atoms with Gasteiger partial charge in [0.25, 0.3) is 0 Å². The highest BCUT2D eigenvalue weighted by Crippen LogP contribution is 2.11. The van der Waals surface area contributed by atoms with Gasteiger partial charge in [-0.25, -0.2) is 0 Å². The van der Waals surface area contributed by atoms with Gasteiger partial charge in [-0.15, -0.1) is 0 Å². The average Bonchev–Trinajstić information content (AvgIpc) is 2.22. The van der Waals surface area contributed by atoms with E-state index in [-0.39, 0.29) is 17.9 Å². The molecule has 0 saturated heterocycles. The first kappa shape index (κ1) is 14.4. The maximum atomic E-state index is 12.1. The molecule has 0 saturated carbocycles. The van der Waals surface area contributed by atoms with E-state index >= 15 is 0 Å². The Balaban J connectivity index is 4.37. The second-order valence-corrected chi connectivity index (χ2v) is 4.50. The molecule has 0 aromatic heterocycles. The molecule has 90 valence electrons. The summed E-state index contributed by atoms with van der Waals surface area (Å²) < 4.78 is 5.19. The zero-order chi connectivity index (χ0) is 12.0. The third kappa shape index (κ3) is 4.65. The molecule has 0 bridgehead atoms. The summed E-state index contributed by atoms with van der Waals surface area (Å²) in [6.45, 7) is 11.7. The van der Waals surface area contributed by atoms with E-state index in [0.717, 1.165) is 13.1 Å². The molecule has 1 amide bonds. The van der Waals surface area contributed by atoms with Crippen molar-refractivity contribution in [3.63, 3.8) is 0 Å². The van der Waals surface area contributed by atoms with Gasteiger partial charge >= 0.3 is 0 Å². The van der Waals surface area contributed by atoms with E-state index in [1.165, 1.54) is 0 Å². The summed E-state index contributed by atoms with van der Waals surface area (Å²) in [5.41, 5.74) is 0. The van der Waals surface area contributed by atoms with E-state index in [4.69, 9.17) is 4.74 Å². The molecule has 0 fully saturated rings. The van der Waals surface area contributed by atoms with Crippen molar-refractivity contribution >= 4 is 5.91 Å². The standard InChI is InChI=1S/C12H25NO2/c1-7-13(8-9(2)3)12(14)10(4)11(5)15-6/h9-11H,7-8H2,1-6H3/t10?,11-/m1/s1. The third-order valence-electron chi connectivity index (χ3n) is 2.74. The third-order valence-corrected chi connectivity index (χ3v) is 2.74. The molecule has 0 rings (SSSR count). The van der Waals surface area contributed by atoms with Gasteiger partial charge in [0.2, 0.25) is 5.91 Å². The second kappa shape index (κ2) is 6.83. The Hall–Kier alpha value is -0.570. The minimum atomic E-state index is -0.0614. The molecule has 2 atom stereocenters. The molecule has 0 heterocycles. The number of rotatable bonds is 6. The molecule has 0 aliphatic carbocycles. The lowest BCUT2D eigenvalue weighted by Crippen LogP contribution is -2.41. The van der Waals surface area contributed by atoms with Crippen LogP contribution < -0.4 is 0 Å². The quantitative estimate of drug-likeness (QED) is 0.679. The number of nitrogens with zero attached hydrogens (tertiary/aromatic N) is 1. The van der Waals surface area contributed by atoms with Crippen molar-refractivity contribution in [1.82, 2.24) is 4.90 Å². The topological polar surface area (TPSA) is 29.5 Å². The van der Waals surface area contributed by atoms with Gasteiger partial charge < -0.3 is 9.64 Å². The van der Waals surface area contributed by atoms with Gasteiger partial charge in [-0.2, -0.15) is 0 Å². The molecule has 15 heavy (non-hydrogen) atoms. The van der Waals surface area contributed by atoms with Crippen molar-refractivity contribution in [3.8, 4) is 0 Å². The van der Waals surface area contributed by atoms with Crippen LogP contribution >= 0.6 is 0 Å². The van der Waals surface area contributed by atoms with Gasteiger partial charge in [0, 0.05) is 20.2 Å². The number of carbonyl (C=O) groups is 1. The highest BCUT2D eigenvalue weighted by atomic mass is 16.5. The molecule has 3 nitrogen and oxygen atoms in total. The SMILES string of the molecule is CCN(CC(C)C)C(=O)C(C)[C@@H](C)OC. The van der Waals surface area contributed by atoms with E-state index in [0.29, 0.717) is 5.92 Å². The first-order valence-electron chi connectivity index (χ1n) is 5.75. The molecule has 3 heteroatoms. The molecule has 0 aromatic carbocycles. The zero-order valence-corrected chi connectivity index (χ0v) is 10.9. The lowest BCUT2D eigenvalue weighted by atomic mass is 10.0. The monoisotopic (exact) mass is 215 g/mol. The van der Waals surface area contributed by atoms with Crippen LogP contribution in [0.3, 0.4) is 0 Å². The lowest BCUT2D eigenvalue weighted by Gasteiger charge is -2.28. The maximum Gasteiger partial charge on any atom is 0.228 e. The Morgan fingerprint density at radius 1 is 1.27 bits per heavy atom. The summed E-state index contributed by atoms with van der Waals surface area (Å²) in [7, 11) is 1.65. The van der Waals surface area contributed by atoms with Gasteiger partial charge in [-0.05, 0) is 19.8 Å². The minimum absolute atomic E-state index is 0.0151. The maximum absolute atomic E-state index is 12.1. The van der Waals surface area contributed by atoms with Gasteiger partial charge in [0.1, 0.15) is 0 Å². The van der Waals surface area contributed by atoms with Crippen LogP contribution in [-0.4, -0.2) is 37.1 Å². The Kier molecular flexibility index (Phi) is 6.57. The largest absolute Gasteiger partial charge is 0.381 e. The van der Waals surface area contributed by atoms with Crippen molar-refractivity contribution in [2.75, 3.05) is 20.2 Å². The van der Waals surface area contributed by atoms with Gasteiger partial charge in [0.05, 0.1) is 12.0 Å². The van der Waals surface area contributed by atoms with Crippen LogP contribution in [0.1, 0.15) is 34.6 Å². The lowest BCUT2D eigenvalue weighted by molar-refractivity contribution is -0.139. The van der Waals surface area contributed by atoms with Gasteiger partial charge in [-0.1, -0.05) is 20.8 Å². The van der Waals surface area contributed by atoms with Crippen molar-refractivity contribution in [1.29, 1.82) is 0 Å². The van der Waals surface area contributed by atoms with E-state index < -0.39 is 0 Å². The number of hydrogen-bond acceptors (Lipinski definition) is 2. The van der Waals surface area contributed by atoms with E-state index in [1.54, 1.807) is 7.11 Å². The Bertz CT molecular complexity index is 192. The molecular weight excluding hydrogens is 190 g/mol.